The molecule has 2 atom stereocenters. The van der Waals surface area contributed by atoms with Crippen molar-refractivity contribution in [3.8, 4) is 11.5 Å². The van der Waals surface area contributed by atoms with Crippen LogP contribution in [0.25, 0.3) is 0 Å². The minimum Gasteiger partial charge on any atom is -0.490 e. The lowest BCUT2D eigenvalue weighted by Crippen LogP contribution is -2.25. The lowest BCUT2D eigenvalue weighted by atomic mass is 9.95. The van der Waals surface area contributed by atoms with Crippen molar-refractivity contribution in [2.45, 2.75) is 64.1 Å². The van der Waals surface area contributed by atoms with Gasteiger partial charge in [-0.3, -0.25) is 0 Å². The number of ether oxygens (including phenoxy) is 2. The number of anilines is 1. The lowest BCUT2D eigenvalue weighted by molar-refractivity contribution is 0.120. The molecule has 2 fully saturated rings. The number of nitrogens with zero attached hydrogens (tertiary/aromatic N) is 1. The van der Waals surface area contributed by atoms with Gasteiger partial charge in [0.25, 0.3) is 0 Å². The van der Waals surface area contributed by atoms with Gasteiger partial charge >= 0.3 is 0 Å². The average Bonchev–Trinajstić information content (AvgIpc) is 3.14. The third kappa shape index (κ3) is 5.14. The summed E-state index contributed by atoms with van der Waals surface area (Å²) in [7, 11) is 0. The second-order valence-electron chi connectivity index (χ2n) is 8.77. The molecule has 2 aliphatic rings. The number of hydrogen-bond acceptors (Lipinski definition) is 3. The van der Waals surface area contributed by atoms with Gasteiger partial charge in [0, 0.05) is 18.7 Å². The van der Waals surface area contributed by atoms with Crippen LogP contribution in [0.2, 0.25) is 0 Å². The van der Waals surface area contributed by atoms with Gasteiger partial charge in [0.2, 0.25) is 0 Å². The van der Waals surface area contributed by atoms with Crippen LogP contribution in [0.5, 0.6) is 11.5 Å². The molecule has 0 amide bonds. The Kier molecular flexibility index (Phi) is 6.13. The molecule has 0 aromatic heterocycles. The Bertz CT molecular complexity index is 808. The van der Waals surface area contributed by atoms with Crippen LogP contribution in [0.15, 0.2) is 60.7 Å². The fourth-order valence-corrected chi connectivity index (χ4v) is 4.18. The van der Waals surface area contributed by atoms with E-state index in [1.165, 1.54) is 36.1 Å². The Balaban J connectivity index is 1.29. The van der Waals surface area contributed by atoms with Crippen molar-refractivity contribution in [2.24, 2.45) is 0 Å². The summed E-state index contributed by atoms with van der Waals surface area (Å²) in [5.41, 5.74) is 3.82. The molecule has 0 radical (unpaired) electrons. The predicted octanol–water partition coefficient (Wildman–Crippen LogP) is 6.35. The van der Waals surface area contributed by atoms with E-state index in [1.54, 1.807) is 0 Å². The molecular formula is C26H33NO2. The van der Waals surface area contributed by atoms with E-state index in [-0.39, 0.29) is 6.10 Å². The molecule has 2 aromatic carbocycles. The zero-order chi connectivity index (χ0) is 20.2. The molecule has 0 N–H and O–H groups in total. The number of hydrogen-bond donors (Lipinski definition) is 0. The highest BCUT2D eigenvalue weighted by molar-refractivity contribution is 5.50. The third-order valence-electron chi connectivity index (χ3n) is 6.11. The zero-order valence-electron chi connectivity index (χ0n) is 17.8. The number of rotatable bonds is 8. The molecule has 0 bridgehead atoms. The molecule has 2 aromatic rings. The van der Waals surface area contributed by atoms with Crippen LogP contribution < -0.4 is 14.4 Å². The van der Waals surface area contributed by atoms with Crippen molar-refractivity contribution in [1.82, 2.24) is 0 Å². The molecule has 1 aliphatic carbocycles. The largest absolute Gasteiger partial charge is 0.490 e. The topological polar surface area (TPSA) is 21.7 Å². The van der Waals surface area contributed by atoms with Crippen LogP contribution in [0.3, 0.4) is 0 Å². The fraction of sp³-hybridized carbons (Fsp3) is 0.462. The van der Waals surface area contributed by atoms with Gasteiger partial charge in [-0.1, -0.05) is 24.6 Å². The first-order valence-corrected chi connectivity index (χ1v) is 11.0. The summed E-state index contributed by atoms with van der Waals surface area (Å²) in [5.74, 6) is 2.46. The fourth-order valence-electron chi connectivity index (χ4n) is 4.18. The summed E-state index contributed by atoms with van der Waals surface area (Å²) in [5, 5.41) is 0. The van der Waals surface area contributed by atoms with Crippen LogP contribution in [-0.4, -0.2) is 25.3 Å². The van der Waals surface area contributed by atoms with Crippen molar-refractivity contribution in [3.63, 3.8) is 0 Å². The Morgan fingerprint density at radius 2 is 1.59 bits per heavy atom. The van der Waals surface area contributed by atoms with Gasteiger partial charge in [0.1, 0.15) is 17.6 Å². The molecule has 1 saturated heterocycles. The molecule has 1 saturated carbocycles. The molecule has 3 heteroatoms. The van der Waals surface area contributed by atoms with Crippen LogP contribution >= 0.6 is 0 Å². The third-order valence-corrected chi connectivity index (χ3v) is 6.11. The Morgan fingerprint density at radius 3 is 2.17 bits per heavy atom. The van der Waals surface area contributed by atoms with Gasteiger partial charge < -0.3 is 14.4 Å². The maximum atomic E-state index is 6.26. The van der Waals surface area contributed by atoms with Crippen LogP contribution in [0, 0.1) is 0 Å². The summed E-state index contributed by atoms with van der Waals surface area (Å²) in [6, 6.07) is 17.2. The molecule has 1 aliphatic heterocycles. The minimum absolute atomic E-state index is 0.236. The predicted molar refractivity (Wildman–Crippen MR) is 120 cm³/mol. The summed E-state index contributed by atoms with van der Waals surface area (Å²) in [6.45, 7) is 10.3. The van der Waals surface area contributed by atoms with Gasteiger partial charge in [-0.2, -0.15) is 0 Å². The van der Waals surface area contributed by atoms with Gasteiger partial charge in [-0.05, 0) is 80.5 Å². The molecular weight excluding hydrogens is 358 g/mol. The van der Waals surface area contributed by atoms with E-state index < -0.39 is 0 Å². The summed E-state index contributed by atoms with van der Waals surface area (Å²) in [6.07, 6.45) is 6.44. The second kappa shape index (κ2) is 8.94. The standard InChI is InChI=1S/C26H33NO2/c1-19(2)17-20(3)21-7-11-24(12-8-21)29-26-15-16-27(18-26)22-9-13-25(14-10-22)28-23-5-4-6-23/h7-14,20,23,26H,1,4-6,15-18H2,2-3H3/t20-,26?/m1/s1. The lowest BCUT2D eigenvalue weighted by Gasteiger charge is -2.26. The summed E-state index contributed by atoms with van der Waals surface area (Å²) in [4.78, 5) is 2.40. The Hall–Kier alpha value is -2.42. The van der Waals surface area contributed by atoms with Crippen molar-refractivity contribution in [3.05, 3.63) is 66.2 Å². The Morgan fingerprint density at radius 1 is 0.966 bits per heavy atom. The van der Waals surface area contributed by atoms with Crippen molar-refractivity contribution < 1.29 is 9.47 Å². The monoisotopic (exact) mass is 391 g/mol. The first kappa shape index (κ1) is 19.9. The van der Waals surface area contributed by atoms with E-state index in [1.807, 2.05) is 0 Å². The van der Waals surface area contributed by atoms with E-state index >= 15 is 0 Å². The zero-order valence-corrected chi connectivity index (χ0v) is 17.8. The summed E-state index contributed by atoms with van der Waals surface area (Å²) >= 11 is 0. The SMILES string of the molecule is C=C(C)C[C@@H](C)c1ccc(OC2CCN(c3ccc(OC4CCC4)cc3)C2)cc1. The maximum absolute atomic E-state index is 6.26. The molecule has 154 valence electrons. The highest BCUT2D eigenvalue weighted by Crippen LogP contribution is 2.29. The van der Waals surface area contributed by atoms with Crippen LogP contribution in [0.4, 0.5) is 5.69 Å². The number of benzene rings is 2. The second-order valence-corrected chi connectivity index (χ2v) is 8.77. The smallest absolute Gasteiger partial charge is 0.119 e. The number of allylic oxidation sites excluding steroid dienone is 1. The first-order valence-electron chi connectivity index (χ1n) is 11.0. The van der Waals surface area contributed by atoms with Crippen molar-refractivity contribution in [2.75, 3.05) is 18.0 Å². The maximum Gasteiger partial charge on any atom is 0.119 e. The van der Waals surface area contributed by atoms with E-state index in [0.717, 1.165) is 37.4 Å². The molecule has 4 rings (SSSR count). The van der Waals surface area contributed by atoms with Gasteiger partial charge in [-0.15, -0.1) is 6.58 Å². The molecule has 3 nitrogen and oxygen atoms in total. The van der Waals surface area contributed by atoms with Crippen molar-refractivity contribution in [1.29, 1.82) is 0 Å². The van der Waals surface area contributed by atoms with E-state index in [9.17, 15) is 0 Å². The highest BCUT2D eigenvalue weighted by atomic mass is 16.5. The van der Waals surface area contributed by atoms with Gasteiger partial charge in [-0.25, -0.2) is 0 Å². The summed E-state index contributed by atoms with van der Waals surface area (Å²) < 4.78 is 12.2. The van der Waals surface area contributed by atoms with E-state index in [0.29, 0.717) is 12.0 Å². The minimum atomic E-state index is 0.236. The van der Waals surface area contributed by atoms with E-state index in [2.05, 4.69) is 73.9 Å². The van der Waals surface area contributed by atoms with Crippen LogP contribution in [0.1, 0.15) is 57.4 Å². The first-order chi connectivity index (χ1) is 14.1. The van der Waals surface area contributed by atoms with Crippen LogP contribution in [-0.2, 0) is 0 Å². The molecule has 1 unspecified atom stereocenters. The quantitative estimate of drug-likeness (QED) is 0.490. The van der Waals surface area contributed by atoms with E-state index in [4.69, 9.17) is 9.47 Å². The Labute approximate surface area is 175 Å². The average molecular weight is 392 g/mol. The molecule has 29 heavy (non-hydrogen) atoms. The normalized spacial score (nSPS) is 20.2. The van der Waals surface area contributed by atoms with Crippen molar-refractivity contribution >= 4 is 5.69 Å². The molecule has 0 spiro atoms. The van der Waals surface area contributed by atoms with Gasteiger partial charge in [0.05, 0.1) is 12.6 Å². The molecule has 1 heterocycles. The van der Waals surface area contributed by atoms with Gasteiger partial charge in [0.15, 0.2) is 0 Å². The highest BCUT2D eigenvalue weighted by Gasteiger charge is 2.25.